The fourth-order valence-electron chi connectivity index (χ4n) is 2.59. The summed E-state index contributed by atoms with van der Waals surface area (Å²) in [5.74, 6) is 0.119. The van der Waals surface area contributed by atoms with Crippen LogP contribution >= 0.6 is 0 Å². The lowest BCUT2D eigenvalue weighted by molar-refractivity contribution is -0.121. The molecular formula is C20H25NO. The van der Waals surface area contributed by atoms with Gasteiger partial charge in [0.15, 0.2) is 0 Å². The van der Waals surface area contributed by atoms with Crippen LogP contribution in [0.4, 0.5) is 0 Å². The van der Waals surface area contributed by atoms with Crippen molar-refractivity contribution in [3.63, 3.8) is 0 Å². The summed E-state index contributed by atoms with van der Waals surface area (Å²) in [6.07, 6.45) is 2.23. The van der Waals surface area contributed by atoms with Gasteiger partial charge in [0.2, 0.25) is 5.91 Å². The van der Waals surface area contributed by atoms with Crippen LogP contribution in [0.25, 0.3) is 0 Å². The molecule has 0 heterocycles. The molecule has 2 rings (SSSR count). The van der Waals surface area contributed by atoms with Crippen molar-refractivity contribution < 1.29 is 4.79 Å². The number of amides is 1. The van der Waals surface area contributed by atoms with Gasteiger partial charge in [-0.05, 0) is 48.9 Å². The lowest BCUT2D eigenvalue weighted by Gasteiger charge is -2.17. The third-order valence-electron chi connectivity index (χ3n) is 4.16. The minimum Gasteiger partial charge on any atom is -0.349 e. The quantitative estimate of drug-likeness (QED) is 0.835. The number of nitrogens with one attached hydrogen (secondary N) is 1. The molecular weight excluding hydrogens is 270 g/mol. The van der Waals surface area contributed by atoms with Crippen LogP contribution in [0.3, 0.4) is 0 Å². The molecule has 1 N–H and O–H groups in total. The highest BCUT2D eigenvalue weighted by atomic mass is 16.1. The molecule has 1 amide bonds. The molecule has 0 aromatic heterocycles. The monoisotopic (exact) mass is 295 g/mol. The average Bonchev–Trinajstić information content (AvgIpc) is 2.54. The topological polar surface area (TPSA) is 29.1 Å². The highest BCUT2D eigenvalue weighted by Gasteiger charge is 2.12. The van der Waals surface area contributed by atoms with Crippen LogP contribution in [-0.4, -0.2) is 5.91 Å². The Balaban J connectivity index is 1.90. The smallest absolute Gasteiger partial charge is 0.220 e. The van der Waals surface area contributed by atoms with Gasteiger partial charge in [0.25, 0.3) is 0 Å². The Bertz CT molecular complexity index is 619. The van der Waals surface area contributed by atoms with Crippen molar-refractivity contribution in [3.8, 4) is 0 Å². The van der Waals surface area contributed by atoms with E-state index < -0.39 is 0 Å². The van der Waals surface area contributed by atoms with Crippen LogP contribution in [0.15, 0.2) is 48.5 Å². The fraction of sp³-hybridized carbons (Fsp3) is 0.350. The molecule has 0 saturated carbocycles. The molecule has 2 aromatic rings. The molecule has 0 saturated heterocycles. The van der Waals surface area contributed by atoms with Gasteiger partial charge in [-0.25, -0.2) is 0 Å². The van der Waals surface area contributed by atoms with Gasteiger partial charge in [-0.1, -0.05) is 55.5 Å². The van der Waals surface area contributed by atoms with Crippen molar-refractivity contribution in [2.45, 2.75) is 46.1 Å². The van der Waals surface area contributed by atoms with Crippen molar-refractivity contribution in [2.24, 2.45) is 0 Å². The van der Waals surface area contributed by atoms with Crippen molar-refractivity contribution in [1.29, 1.82) is 0 Å². The molecule has 1 atom stereocenters. The Hall–Kier alpha value is -2.09. The Kier molecular flexibility index (Phi) is 5.76. The van der Waals surface area contributed by atoms with Gasteiger partial charge in [-0.2, -0.15) is 0 Å². The molecule has 116 valence electrons. The van der Waals surface area contributed by atoms with E-state index >= 15 is 0 Å². The summed E-state index contributed by atoms with van der Waals surface area (Å²) in [5.41, 5.74) is 4.98. The van der Waals surface area contributed by atoms with Crippen LogP contribution in [-0.2, 0) is 11.2 Å². The van der Waals surface area contributed by atoms with Crippen LogP contribution in [0.1, 0.15) is 48.1 Å². The van der Waals surface area contributed by atoms with Gasteiger partial charge < -0.3 is 5.32 Å². The summed E-state index contributed by atoms with van der Waals surface area (Å²) in [7, 11) is 0. The third-order valence-corrected chi connectivity index (χ3v) is 4.16. The van der Waals surface area contributed by atoms with E-state index in [0.29, 0.717) is 6.42 Å². The number of carbonyl (C=O) groups is 1. The maximum atomic E-state index is 12.2. The number of aryl methyl sites for hydroxylation is 3. The maximum absolute atomic E-state index is 12.2. The van der Waals surface area contributed by atoms with E-state index in [9.17, 15) is 4.79 Å². The molecule has 1 unspecified atom stereocenters. The van der Waals surface area contributed by atoms with Gasteiger partial charge in [-0.15, -0.1) is 0 Å². The molecule has 0 aliphatic carbocycles. The lowest BCUT2D eigenvalue weighted by Crippen LogP contribution is -2.28. The molecule has 22 heavy (non-hydrogen) atoms. The molecule has 2 heteroatoms. The second kappa shape index (κ2) is 7.79. The van der Waals surface area contributed by atoms with E-state index in [4.69, 9.17) is 0 Å². The third kappa shape index (κ3) is 4.45. The minimum absolute atomic E-state index is 0.105. The molecule has 0 fully saturated rings. The molecule has 0 bridgehead atoms. The molecule has 0 aliphatic rings. The van der Waals surface area contributed by atoms with Crippen LogP contribution < -0.4 is 5.32 Å². The zero-order valence-corrected chi connectivity index (χ0v) is 13.7. The van der Waals surface area contributed by atoms with Gasteiger partial charge in [0.1, 0.15) is 0 Å². The van der Waals surface area contributed by atoms with E-state index in [-0.39, 0.29) is 11.9 Å². The number of carbonyl (C=O) groups excluding carboxylic acids is 1. The normalized spacial score (nSPS) is 12.0. The Morgan fingerprint density at radius 2 is 1.77 bits per heavy atom. The Morgan fingerprint density at radius 3 is 2.41 bits per heavy atom. The summed E-state index contributed by atoms with van der Waals surface area (Å²) >= 11 is 0. The van der Waals surface area contributed by atoms with E-state index in [1.807, 2.05) is 18.2 Å². The molecule has 0 aliphatic heterocycles. The highest BCUT2D eigenvalue weighted by molar-refractivity contribution is 5.76. The van der Waals surface area contributed by atoms with Gasteiger partial charge in [-0.3, -0.25) is 4.79 Å². The van der Waals surface area contributed by atoms with E-state index in [0.717, 1.165) is 12.8 Å². The van der Waals surface area contributed by atoms with Crippen LogP contribution in [0.2, 0.25) is 0 Å². The number of rotatable bonds is 6. The summed E-state index contributed by atoms with van der Waals surface area (Å²) < 4.78 is 0. The largest absolute Gasteiger partial charge is 0.349 e. The predicted octanol–water partition coefficient (Wildman–Crippen LogP) is 4.50. The van der Waals surface area contributed by atoms with Gasteiger partial charge in [0.05, 0.1) is 6.04 Å². The second-order valence-corrected chi connectivity index (χ2v) is 5.86. The number of benzene rings is 2. The van der Waals surface area contributed by atoms with E-state index in [1.165, 1.54) is 22.3 Å². The first-order valence-electron chi connectivity index (χ1n) is 8.00. The van der Waals surface area contributed by atoms with Crippen molar-refractivity contribution in [2.75, 3.05) is 0 Å². The molecule has 2 nitrogen and oxygen atoms in total. The Labute approximate surface area is 133 Å². The summed E-state index contributed by atoms with van der Waals surface area (Å²) in [5, 5.41) is 3.14. The van der Waals surface area contributed by atoms with Crippen molar-refractivity contribution >= 4 is 5.91 Å². The summed E-state index contributed by atoms with van der Waals surface area (Å²) in [4.78, 5) is 12.2. The maximum Gasteiger partial charge on any atom is 0.220 e. The first-order chi connectivity index (χ1) is 10.6. The molecule has 0 spiro atoms. The lowest BCUT2D eigenvalue weighted by atomic mass is 10.0. The van der Waals surface area contributed by atoms with E-state index in [2.05, 4.69) is 56.4 Å². The second-order valence-electron chi connectivity index (χ2n) is 5.86. The minimum atomic E-state index is 0.105. The van der Waals surface area contributed by atoms with E-state index in [1.54, 1.807) is 0 Å². The predicted molar refractivity (Wildman–Crippen MR) is 91.9 cm³/mol. The first kappa shape index (κ1) is 16.3. The standard InChI is InChI=1S/C20H25NO/c1-4-19(18-8-6-5-7-9-18)21-20(22)13-12-17-11-10-15(2)16(3)14-17/h5-11,14,19H,4,12-13H2,1-3H3,(H,21,22). The average molecular weight is 295 g/mol. The van der Waals surface area contributed by atoms with Gasteiger partial charge >= 0.3 is 0 Å². The summed E-state index contributed by atoms with van der Waals surface area (Å²) in [6.45, 7) is 6.32. The number of hydrogen-bond donors (Lipinski definition) is 1. The van der Waals surface area contributed by atoms with Crippen LogP contribution in [0, 0.1) is 13.8 Å². The highest BCUT2D eigenvalue weighted by Crippen LogP contribution is 2.16. The zero-order chi connectivity index (χ0) is 15.9. The molecule has 0 radical (unpaired) electrons. The van der Waals surface area contributed by atoms with Gasteiger partial charge in [0, 0.05) is 6.42 Å². The van der Waals surface area contributed by atoms with Crippen molar-refractivity contribution in [3.05, 3.63) is 70.8 Å². The SMILES string of the molecule is CCC(NC(=O)CCc1ccc(C)c(C)c1)c1ccccc1. The van der Waals surface area contributed by atoms with Crippen molar-refractivity contribution in [1.82, 2.24) is 5.32 Å². The summed E-state index contributed by atoms with van der Waals surface area (Å²) in [6, 6.07) is 16.7. The molecule has 2 aromatic carbocycles. The first-order valence-corrected chi connectivity index (χ1v) is 8.00. The number of hydrogen-bond acceptors (Lipinski definition) is 1. The zero-order valence-electron chi connectivity index (χ0n) is 13.7. The Morgan fingerprint density at radius 1 is 1.05 bits per heavy atom. The fourth-order valence-corrected chi connectivity index (χ4v) is 2.59. The van der Waals surface area contributed by atoms with Crippen LogP contribution in [0.5, 0.6) is 0 Å².